The number of carbonyl (C=O) groups excluding carboxylic acids is 1. The van der Waals surface area contributed by atoms with Crippen LogP contribution < -0.4 is 5.32 Å². The Bertz CT molecular complexity index is 522. The SMILES string of the molecule is C[C@H](C(=O)N1CCC1)c1cc(Cl)ccc1C1CCNCC1. The van der Waals surface area contributed by atoms with Crippen molar-refractivity contribution >= 4 is 17.5 Å². The van der Waals surface area contributed by atoms with E-state index in [2.05, 4.69) is 11.4 Å². The third-order valence-corrected chi connectivity index (χ3v) is 5.07. The van der Waals surface area contributed by atoms with Crippen molar-refractivity contribution in [1.82, 2.24) is 10.2 Å². The van der Waals surface area contributed by atoms with Crippen LogP contribution in [0.2, 0.25) is 5.02 Å². The lowest BCUT2D eigenvalue weighted by Crippen LogP contribution is -2.44. The minimum Gasteiger partial charge on any atom is -0.342 e. The van der Waals surface area contributed by atoms with Gasteiger partial charge >= 0.3 is 0 Å². The Morgan fingerprint density at radius 3 is 2.67 bits per heavy atom. The Morgan fingerprint density at radius 2 is 2.05 bits per heavy atom. The molecule has 1 N–H and O–H groups in total. The summed E-state index contributed by atoms with van der Waals surface area (Å²) in [6.45, 7) is 5.96. The number of nitrogens with zero attached hydrogens (tertiary/aromatic N) is 1. The van der Waals surface area contributed by atoms with Crippen LogP contribution in [0.3, 0.4) is 0 Å². The fourth-order valence-electron chi connectivity index (χ4n) is 3.37. The summed E-state index contributed by atoms with van der Waals surface area (Å²) in [5.41, 5.74) is 2.45. The molecule has 2 fully saturated rings. The van der Waals surface area contributed by atoms with E-state index in [1.54, 1.807) is 0 Å². The Balaban J connectivity index is 1.87. The van der Waals surface area contributed by atoms with Crippen LogP contribution >= 0.6 is 11.6 Å². The fourth-order valence-corrected chi connectivity index (χ4v) is 3.55. The molecular weight excluding hydrogens is 284 g/mol. The molecule has 2 aliphatic heterocycles. The summed E-state index contributed by atoms with van der Waals surface area (Å²) in [7, 11) is 0. The lowest BCUT2D eigenvalue weighted by atomic mass is 9.83. The molecule has 0 radical (unpaired) electrons. The number of amides is 1. The lowest BCUT2D eigenvalue weighted by molar-refractivity contribution is -0.135. The van der Waals surface area contributed by atoms with E-state index in [0.717, 1.165) is 56.0 Å². The number of rotatable bonds is 3. The van der Waals surface area contributed by atoms with Gasteiger partial charge in [0.1, 0.15) is 0 Å². The molecule has 0 aliphatic carbocycles. The van der Waals surface area contributed by atoms with Crippen molar-refractivity contribution in [3.05, 3.63) is 34.3 Å². The van der Waals surface area contributed by atoms with Gasteiger partial charge in [-0.25, -0.2) is 0 Å². The van der Waals surface area contributed by atoms with Gasteiger partial charge in [-0.2, -0.15) is 0 Å². The normalized spacial score (nSPS) is 21.0. The van der Waals surface area contributed by atoms with E-state index in [1.165, 1.54) is 5.56 Å². The van der Waals surface area contributed by atoms with Crippen molar-refractivity contribution in [2.75, 3.05) is 26.2 Å². The summed E-state index contributed by atoms with van der Waals surface area (Å²) in [4.78, 5) is 14.5. The molecule has 0 unspecified atom stereocenters. The van der Waals surface area contributed by atoms with Gasteiger partial charge in [0.25, 0.3) is 0 Å². The van der Waals surface area contributed by atoms with Crippen molar-refractivity contribution < 1.29 is 4.79 Å². The third-order valence-electron chi connectivity index (χ3n) is 4.83. The zero-order valence-electron chi connectivity index (χ0n) is 12.6. The highest BCUT2D eigenvalue weighted by molar-refractivity contribution is 6.30. The number of likely N-dealkylation sites (tertiary alicyclic amines) is 1. The molecule has 2 saturated heterocycles. The first-order chi connectivity index (χ1) is 10.2. The molecule has 1 atom stereocenters. The Hall–Kier alpha value is -1.06. The van der Waals surface area contributed by atoms with Gasteiger partial charge in [0, 0.05) is 18.1 Å². The zero-order chi connectivity index (χ0) is 14.8. The monoisotopic (exact) mass is 306 g/mol. The molecule has 3 nitrogen and oxygen atoms in total. The summed E-state index contributed by atoms with van der Waals surface area (Å²) in [5, 5.41) is 4.13. The average molecular weight is 307 g/mol. The van der Waals surface area contributed by atoms with E-state index in [9.17, 15) is 4.79 Å². The zero-order valence-corrected chi connectivity index (χ0v) is 13.3. The summed E-state index contributed by atoms with van der Waals surface area (Å²) in [6.07, 6.45) is 3.41. The average Bonchev–Trinajstić information content (AvgIpc) is 2.45. The maximum atomic E-state index is 12.5. The van der Waals surface area contributed by atoms with Crippen LogP contribution in [-0.4, -0.2) is 37.0 Å². The van der Waals surface area contributed by atoms with Crippen molar-refractivity contribution in [1.29, 1.82) is 0 Å². The molecule has 21 heavy (non-hydrogen) atoms. The quantitative estimate of drug-likeness (QED) is 0.930. The fraction of sp³-hybridized carbons (Fsp3) is 0.588. The third kappa shape index (κ3) is 3.09. The smallest absolute Gasteiger partial charge is 0.229 e. The molecule has 1 aromatic carbocycles. The number of carbonyl (C=O) groups is 1. The second-order valence-electron chi connectivity index (χ2n) is 6.20. The standard InChI is InChI=1S/C17H23ClN2O/c1-12(17(21)20-9-2-10-20)16-11-14(18)3-4-15(16)13-5-7-19-8-6-13/h3-4,11-13,19H,2,5-10H2,1H3/t12-/m0/s1. The van der Waals surface area contributed by atoms with Crippen molar-refractivity contribution in [3.63, 3.8) is 0 Å². The number of nitrogens with one attached hydrogen (secondary N) is 1. The molecule has 0 saturated carbocycles. The number of halogens is 1. The van der Waals surface area contributed by atoms with E-state index in [4.69, 9.17) is 11.6 Å². The van der Waals surface area contributed by atoms with Gasteiger partial charge in [-0.05, 0) is 68.5 Å². The van der Waals surface area contributed by atoms with E-state index in [1.807, 2.05) is 24.0 Å². The highest BCUT2D eigenvalue weighted by Crippen LogP contribution is 2.34. The molecule has 114 valence electrons. The van der Waals surface area contributed by atoms with Crippen LogP contribution in [0.1, 0.15) is 49.1 Å². The van der Waals surface area contributed by atoms with Crippen LogP contribution in [0, 0.1) is 0 Å². The van der Waals surface area contributed by atoms with E-state index >= 15 is 0 Å². The summed E-state index contributed by atoms with van der Waals surface area (Å²) in [5.74, 6) is 0.706. The highest BCUT2D eigenvalue weighted by atomic mass is 35.5. The number of hydrogen-bond donors (Lipinski definition) is 1. The second-order valence-corrected chi connectivity index (χ2v) is 6.63. The molecule has 1 aromatic rings. The summed E-state index contributed by atoms with van der Waals surface area (Å²) >= 11 is 6.19. The number of hydrogen-bond acceptors (Lipinski definition) is 2. The van der Waals surface area contributed by atoms with Crippen molar-refractivity contribution in [2.24, 2.45) is 0 Å². The molecule has 4 heteroatoms. The van der Waals surface area contributed by atoms with Crippen LogP contribution in [0.4, 0.5) is 0 Å². The molecular formula is C17H23ClN2O. The summed E-state index contributed by atoms with van der Waals surface area (Å²) in [6, 6.07) is 6.10. The van der Waals surface area contributed by atoms with Gasteiger partial charge in [0.05, 0.1) is 5.92 Å². The molecule has 1 amide bonds. The molecule has 0 aromatic heterocycles. The molecule has 0 spiro atoms. The predicted molar refractivity (Wildman–Crippen MR) is 85.9 cm³/mol. The molecule has 0 bridgehead atoms. The maximum Gasteiger partial charge on any atom is 0.229 e. The Labute approximate surface area is 131 Å². The number of piperidine rings is 1. The van der Waals surface area contributed by atoms with Gasteiger partial charge in [0.2, 0.25) is 5.91 Å². The van der Waals surface area contributed by atoms with Gasteiger partial charge in [-0.15, -0.1) is 0 Å². The van der Waals surface area contributed by atoms with Crippen molar-refractivity contribution in [2.45, 2.75) is 38.0 Å². The minimum absolute atomic E-state index is 0.0890. The first kappa shape index (κ1) is 14.9. The molecule has 2 heterocycles. The summed E-state index contributed by atoms with van der Waals surface area (Å²) < 4.78 is 0. The lowest BCUT2D eigenvalue weighted by Gasteiger charge is -2.34. The molecule has 3 rings (SSSR count). The van der Waals surface area contributed by atoms with Gasteiger partial charge in [0.15, 0.2) is 0 Å². The van der Waals surface area contributed by atoms with Crippen LogP contribution in [-0.2, 0) is 4.79 Å². The largest absolute Gasteiger partial charge is 0.342 e. The highest BCUT2D eigenvalue weighted by Gasteiger charge is 2.29. The van der Waals surface area contributed by atoms with E-state index < -0.39 is 0 Å². The Kier molecular flexibility index (Phi) is 4.51. The minimum atomic E-state index is -0.0890. The maximum absolute atomic E-state index is 12.5. The van der Waals surface area contributed by atoms with E-state index in [-0.39, 0.29) is 11.8 Å². The second kappa shape index (κ2) is 6.37. The first-order valence-corrected chi connectivity index (χ1v) is 8.33. The Morgan fingerprint density at radius 1 is 1.33 bits per heavy atom. The predicted octanol–water partition coefficient (Wildman–Crippen LogP) is 3.14. The van der Waals surface area contributed by atoms with E-state index in [0.29, 0.717) is 5.92 Å². The van der Waals surface area contributed by atoms with Gasteiger partial charge < -0.3 is 10.2 Å². The van der Waals surface area contributed by atoms with Crippen molar-refractivity contribution in [3.8, 4) is 0 Å². The first-order valence-electron chi connectivity index (χ1n) is 7.95. The number of benzene rings is 1. The van der Waals surface area contributed by atoms with Gasteiger partial charge in [-0.3, -0.25) is 4.79 Å². The van der Waals surface area contributed by atoms with Crippen LogP contribution in [0.5, 0.6) is 0 Å². The molecule has 2 aliphatic rings. The van der Waals surface area contributed by atoms with Crippen LogP contribution in [0.25, 0.3) is 0 Å². The van der Waals surface area contributed by atoms with Crippen LogP contribution in [0.15, 0.2) is 18.2 Å². The van der Waals surface area contributed by atoms with Gasteiger partial charge in [-0.1, -0.05) is 17.7 Å². The topological polar surface area (TPSA) is 32.3 Å².